The van der Waals surface area contributed by atoms with E-state index < -0.39 is 0 Å². The summed E-state index contributed by atoms with van der Waals surface area (Å²) in [4.78, 5) is 11.1. The van der Waals surface area contributed by atoms with E-state index in [0.29, 0.717) is 6.42 Å². The number of carbonyl (C=O) groups excluding carboxylic acids is 1. The number of ether oxygens (including phenoxy) is 1. The maximum absolute atomic E-state index is 11.1. The van der Waals surface area contributed by atoms with Gasteiger partial charge >= 0.3 is 5.97 Å². The number of hydrogen-bond donors (Lipinski definition) is 0. The van der Waals surface area contributed by atoms with Gasteiger partial charge in [0.15, 0.2) is 0 Å². The van der Waals surface area contributed by atoms with Gasteiger partial charge in [-0.2, -0.15) is 0 Å². The van der Waals surface area contributed by atoms with Crippen molar-refractivity contribution in [1.82, 2.24) is 0 Å². The Morgan fingerprint density at radius 2 is 1.00 bits per heavy atom. The van der Waals surface area contributed by atoms with E-state index in [1.54, 1.807) is 0 Å². The van der Waals surface area contributed by atoms with Gasteiger partial charge in [-0.3, -0.25) is 4.79 Å². The minimum Gasteiger partial charge on any atom is -0.469 e. The molecule has 0 aliphatic rings. The van der Waals surface area contributed by atoms with E-state index in [4.69, 9.17) is 4.74 Å². The predicted octanol–water partition coefficient (Wildman–Crippen LogP) is 8.23. The van der Waals surface area contributed by atoms with E-state index in [9.17, 15) is 4.79 Å². The summed E-state index contributed by atoms with van der Waals surface area (Å²) in [5.74, 6) is 0.906. The highest BCUT2D eigenvalue weighted by Crippen LogP contribution is 2.24. The Hall–Kier alpha value is -0.530. The molecule has 0 radical (unpaired) electrons. The van der Waals surface area contributed by atoms with Gasteiger partial charge in [-0.15, -0.1) is 0 Å². The van der Waals surface area contributed by atoms with Crippen molar-refractivity contribution in [1.29, 1.82) is 0 Å². The molecule has 1 unspecified atom stereocenters. The van der Waals surface area contributed by atoms with Crippen LogP contribution in [0.2, 0.25) is 0 Å². The molecule has 0 aromatic rings. The number of carbonyl (C=O) groups is 1. The number of unbranched alkanes of at least 4 members (excludes halogenated alkanes) is 12. The summed E-state index contributed by atoms with van der Waals surface area (Å²) >= 11 is 0. The van der Waals surface area contributed by atoms with E-state index >= 15 is 0 Å². The van der Waals surface area contributed by atoms with Crippen LogP contribution in [0.15, 0.2) is 0 Å². The highest BCUT2D eigenvalue weighted by molar-refractivity contribution is 5.68. The van der Waals surface area contributed by atoms with Crippen molar-refractivity contribution >= 4 is 5.97 Å². The van der Waals surface area contributed by atoms with Crippen molar-refractivity contribution in [2.75, 3.05) is 7.11 Å². The highest BCUT2D eigenvalue weighted by Gasteiger charge is 2.08. The van der Waals surface area contributed by atoms with Gasteiger partial charge in [0.25, 0.3) is 0 Å². The molecule has 0 saturated heterocycles. The van der Waals surface area contributed by atoms with Crippen LogP contribution in [0.1, 0.15) is 136 Å². The molecule has 0 saturated carbocycles. The number of hydrogen-bond acceptors (Lipinski definition) is 2. The van der Waals surface area contributed by atoms with Crippen molar-refractivity contribution in [2.24, 2.45) is 5.92 Å². The zero-order valence-electron chi connectivity index (χ0n) is 18.3. The van der Waals surface area contributed by atoms with E-state index in [1.807, 2.05) is 0 Å². The van der Waals surface area contributed by atoms with E-state index in [2.05, 4.69) is 13.8 Å². The number of esters is 1. The Morgan fingerprint density at radius 3 is 1.50 bits per heavy atom. The van der Waals surface area contributed by atoms with Crippen LogP contribution >= 0.6 is 0 Å². The SMILES string of the molecule is CCCCCCCCCC(CCCCC)CCCCCCCC(=O)OC. The average Bonchev–Trinajstić information content (AvgIpc) is 2.65. The third-order valence-electron chi connectivity index (χ3n) is 5.65. The van der Waals surface area contributed by atoms with Gasteiger partial charge < -0.3 is 4.74 Å². The van der Waals surface area contributed by atoms with Gasteiger partial charge in [0.2, 0.25) is 0 Å². The molecule has 0 aliphatic heterocycles. The number of rotatable bonds is 20. The van der Waals surface area contributed by atoms with Crippen LogP contribution in [0.5, 0.6) is 0 Å². The molecule has 0 aliphatic carbocycles. The molecule has 0 fully saturated rings. The zero-order chi connectivity index (χ0) is 19.3. The molecule has 0 N–H and O–H groups in total. The second kappa shape index (κ2) is 20.8. The van der Waals surface area contributed by atoms with Gasteiger partial charge in [0.05, 0.1) is 7.11 Å². The molecular formula is C24H48O2. The molecule has 26 heavy (non-hydrogen) atoms. The lowest BCUT2D eigenvalue weighted by Crippen LogP contribution is -2.02. The van der Waals surface area contributed by atoms with E-state index in [0.717, 1.165) is 12.3 Å². The quantitative estimate of drug-likeness (QED) is 0.160. The largest absolute Gasteiger partial charge is 0.469 e. The van der Waals surface area contributed by atoms with E-state index in [-0.39, 0.29) is 5.97 Å². The maximum atomic E-state index is 11.1. The summed E-state index contributed by atoms with van der Waals surface area (Å²) in [5.41, 5.74) is 0. The lowest BCUT2D eigenvalue weighted by Gasteiger charge is -2.17. The van der Waals surface area contributed by atoms with Crippen molar-refractivity contribution in [3.8, 4) is 0 Å². The Morgan fingerprint density at radius 1 is 0.615 bits per heavy atom. The Kier molecular flexibility index (Phi) is 20.4. The minimum absolute atomic E-state index is 0.0596. The Balaban J connectivity index is 3.70. The van der Waals surface area contributed by atoms with Crippen LogP contribution in [0.3, 0.4) is 0 Å². The highest BCUT2D eigenvalue weighted by atomic mass is 16.5. The molecule has 0 amide bonds. The summed E-state index contributed by atoms with van der Waals surface area (Å²) in [6.07, 6.45) is 25.2. The second-order valence-corrected chi connectivity index (χ2v) is 8.15. The first-order valence-corrected chi connectivity index (χ1v) is 11.8. The van der Waals surface area contributed by atoms with Crippen LogP contribution < -0.4 is 0 Å². The van der Waals surface area contributed by atoms with Crippen molar-refractivity contribution in [3.63, 3.8) is 0 Å². The van der Waals surface area contributed by atoms with Crippen LogP contribution in [-0.2, 0) is 9.53 Å². The molecule has 0 bridgehead atoms. The topological polar surface area (TPSA) is 26.3 Å². The fraction of sp³-hybridized carbons (Fsp3) is 0.958. The third kappa shape index (κ3) is 18.3. The van der Waals surface area contributed by atoms with Crippen molar-refractivity contribution in [2.45, 2.75) is 136 Å². The standard InChI is InChI=1S/C24H48O2/c1-4-6-8-9-10-12-16-20-23(19-15-7-5-2)21-17-13-11-14-18-22-24(25)26-3/h23H,4-22H2,1-3H3. The van der Waals surface area contributed by atoms with Crippen LogP contribution in [0.4, 0.5) is 0 Å². The summed E-state index contributed by atoms with van der Waals surface area (Å²) in [6.45, 7) is 4.60. The molecule has 0 spiro atoms. The van der Waals surface area contributed by atoms with Gasteiger partial charge in [0.1, 0.15) is 0 Å². The van der Waals surface area contributed by atoms with Gasteiger partial charge in [-0.05, 0) is 12.3 Å². The maximum Gasteiger partial charge on any atom is 0.305 e. The van der Waals surface area contributed by atoms with E-state index in [1.165, 1.54) is 116 Å². The summed E-state index contributed by atoms with van der Waals surface area (Å²) in [6, 6.07) is 0. The van der Waals surface area contributed by atoms with Crippen LogP contribution in [-0.4, -0.2) is 13.1 Å². The van der Waals surface area contributed by atoms with Crippen LogP contribution in [0, 0.1) is 5.92 Å². The zero-order valence-corrected chi connectivity index (χ0v) is 18.3. The first-order chi connectivity index (χ1) is 12.7. The first kappa shape index (κ1) is 25.5. The summed E-state index contributed by atoms with van der Waals surface area (Å²) in [5, 5.41) is 0. The molecule has 0 rings (SSSR count). The normalized spacial score (nSPS) is 12.3. The predicted molar refractivity (Wildman–Crippen MR) is 115 cm³/mol. The van der Waals surface area contributed by atoms with Gasteiger partial charge in [-0.25, -0.2) is 0 Å². The monoisotopic (exact) mass is 368 g/mol. The summed E-state index contributed by atoms with van der Waals surface area (Å²) < 4.78 is 4.69. The number of methoxy groups -OCH3 is 1. The second-order valence-electron chi connectivity index (χ2n) is 8.15. The molecule has 0 heterocycles. The van der Waals surface area contributed by atoms with Gasteiger partial charge in [0, 0.05) is 6.42 Å². The molecule has 1 atom stereocenters. The molecule has 156 valence electrons. The smallest absolute Gasteiger partial charge is 0.305 e. The lowest BCUT2D eigenvalue weighted by molar-refractivity contribution is -0.140. The summed E-state index contributed by atoms with van der Waals surface area (Å²) in [7, 11) is 1.48. The van der Waals surface area contributed by atoms with Crippen LogP contribution in [0.25, 0.3) is 0 Å². The third-order valence-corrected chi connectivity index (χ3v) is 5.65. The average molecular weight is 369 g/mol. The molecule has 0 aromatic heterocycles. The lowest BCUT2D eigenvalue weighted by atomic mass is 9.89. The Labute approximate surface area is 164 Å². The van der Waals surface area contributed by atoms with Crippen molar-refractivity contribution in [3.05, 3.63) is 0 Å². The molecule has 0 aromatic carbocycles. The van der Waals surface area contributed by atoms with Gasteiger partial charge in [-0.1, -0.05) is 123 Å². The fourth-order valence-corrected chi connectivity index (χ4v) is 3.84. The first-order valence-electron chi connectivity index (χ1n) is 11.8. The van der Waals surface area contributed by atoms with Crippen molar-refractivity contribution < 1.29 is 9.53 Å². The molecular weight excluding hydrogens is 320 g/mol. The minimum atomic E-state index is -0.0596. The molecule has 2 heteroatoms. The Bertz CT molecular complexity index is 288. The fourth-order valence-electron chi connectivity index (χ4n) is 3.84. The molecule has 2 nitrogen and oxygen atoms in total.